The Morgan fingerprint density at radius 2 is 1.92 bits per heavy atom. The number of benzene rings is 2. The van der Waals surface area contributed by atoms with Gasteiger partial charge in [0.05, 0.1) is 13.2 Å². The molecule has 3 aromatic rings. The molecule has 1 aromatic heterocycles. The van der Waals surface area contributed by atoms with Gasteiger partial charge >= 0.3 is 0 Å². The van der Waals surface area contributed by atoms with Crippen LogP contribution in [0.4, 0.5) is 0 Å². The van der Waals surface area contributed by atoms with E-state index in [4.69, 9.17) is 16.3 Å². The number of hydrogen-bond acceptors (Lipinski definition) is 3. The number of halogens is 1. The van der Waals surface area contributed by atoms with Gasteiger partial charge in [0.2, 0.25) is 5.43 Å². The summed E-state index contributed by atoms with van der Waals surface area (Å²) in [6.45, 7) is 1.27. The first-order chi connectivity index (χ1) is 12.6. The van der Waals surface area contributed by atoms with Gasteiger partial charge in [0, 0.05) is 28.7 Å². The van der Waals surface area contributed by atoms with Crippen LogP contribution in [-0.2, 0) is 4.74 Å². The molecule has 2 aromatic carbocycles. The Balaban J connectivity index is 1.61. The van der Waals surface area contributed by atoms with Gasteiger partial charge < -0.3 is 14.6 Å². The van der Waals surface area contributed by atoms with Crippen molar-refractivity contribution in [2.45, 2.75) is 6.10 Å². The van der Waals surface area contributed by atoms with Gasteiger partial charge in [-0.3, -0.25) is 9.59 Å². The van der Waals surface area contributed by atoms with Gasteiger partial charge in [0.25, 0.3) is 5.91 Å². The summed E-state index contributed by atoms with van der Waals surface area (Å²) in [4.78, 5) is 30.3. The zero-order chi connectivity index (χ0) is 18.1. The molecule has 1 N–H and O–H groups in total. The minimum absolute atomic E-state index is 0.153. The lowest BCUT2D eigenvalue weighted by atomic mass is 10.1. The zero-order valence-corrected chi connectivity index (χ0v) is 14.7. The van der Waals surface area contributed by atoms with E-state index in [-0.39, 0.29) is 23.0 Å². The van der Waals surface area contributed by atoms with E-state index in [0.29, 0.717) is 30.1 Å². The summed E-state index contributed by atoms with van der Waals surface area (Å²) in [5, 5.41) is 1.17. The Morgan fingerprint density at radius 3 is 2.73 bits per heavy atom. The summed E-state index contributed by atoms with van der Waals surface area (Å²) in [5.41, 5.74) is 1.58. The van der Waals surface area contributed by atoms with Crippen LogP contribution in [0.5, 0.6) is 0 Å². The number of aromatic amines is 1. The molecule has 1 amide bonds. The molecule has 2 heterocycles. The molecule has 0 saturated carbocycles. The summed E-state index contributed by atoms with van der Waals surface area (Å²) < 4.78 is 5.80. The normalized spacial score (nSPS) is 17.4. The first-order valence-corrected chi connectivity index (χ1v) is 8.78. The molecule has 0 aliphatic carbocycles. The molecule has 0 radical (unpaired) electrons. The standard InChI is InChI=1S/C20H17ClN2O3/c21-14-7-5-13(6-8-14)18-12-23(9-10-26-18)20(25)16-11-22-17-4-2-1-3-15(17)19(16)24/h1-8,11,18H,9-10,12H2,(H,22,24)/t18-/m1/s1. The number of amides is 1. The van der Waals surface area contributed by atoms with Gasteiger partial charge in [-0.1, -0.05) is 35.9 Å². The maximum atomic E-state index is 12.9. The number of aromatic nitrogens is 1. The second kappa shape index (κ2) is 6.94. The number of nitrogens with zero attached hydrogens (tertiary/aromatic N) is 1. The van der Waals surface area contributed by atoms with Gasteiger partial charge in [-0.05, 0) is 29.8 Å². The van der Waals surface area contributed by atoms with E-state index in [9.17, 15) is 9.59 Å². The molecule has 26 heavy (non-hydrogen) atoms. The first-order valence-electron chi connectivity index (χ1n) is 8.40. The fraction of sp³-hybridized carbons (Fsp3) is 0.200. The highest BCUT2D eigenvalue weighted by Gasteiger charge is 2.27. The van der Waals surface area contributed by atoms with E-state index < -0.39 is 0 Å². The molecule has 1 aliphatic rings. The maximum absolute atomic E-state index is 12.9. The van der Waals surface area contributed by atoms with E-state index >= 15 is 0 Å². The minimum Gasteiger partial charge on any atom is -0.370 e. The molecule has 0 bridgehead atoms. The van der Waals surface area contributed by atoms with Crippen LogP contribution in [0.2, 0.25) is 5.02 Å². The van der Waals surface area contributed by atoms with E-state index in [1.165, 1.54) is 6.20 Å². The van der Waals surface area contributed by atoms with Crippen LogP contribution in [-0.4, -0.2) is 35.5 Å². The molecule has 6 heteroatoms. The van der Waals surface area contributed by atoms with Crippen molar-refractivity contribution >= 4 is 28.4 Å². The predicted octanol–water partition coefficient (Wildman–Crippen LogP) is 3.40. The SMILES string of the molecule is O=C(c1c[nH]c2ccccc2c1=O)N1CCO[C@@H](c2ccc(Cl)cc2)C1. The van der Waals surface area contributed by atoms with Crippen molar-refractivity contribution < 1.29 is 9.53 Å². The highest BCUT2D eigenvalue weighted by molar-refractivity contribution is 6.30. The van der Waals surface area contributed by atoms with Crippen molar-refractivity contribution in [3.8, 4) is 0 Å². The second-order valence-corrected chi connectivity index (χ2v) is 6.68. The third kappa shape index (κ3) is 3.11. The average molecular weight is 369 g/mol. The lowest BCUT2D eigenvalue weighted by Crippen LogP contribution is -2.43. The average Bonchev–Trinajstić information content (AvgIpc) is 2.69. The van der Waals surface area contributed by atoms with Crippen LogP contribution in [0.3, 0.4) is 0 Å². The molecule has 4 rings (SSSR count). The highest BCUT2D eigenvalue weighted by atomic mass is 35.5. The summed E-state index contributed by atoms with van der Waals surface area (Å²) >= 11 is 5.93. The molecule has 0 unspecified atom stereocenters. The summed E-state index contributed by atoms with van der Waals surface area (Å²) in [6.07, 6.45) is 1.27. The second-order valence-electron chi connectivity index (χ2n) is 6.24. The molecule has 5 nitrogen and oxygen atoms in total. The lowest BCUT2D eigenvalue weighted by molar-refractivity contribution is -0.0228. The van der Waals surface area contributed by atoms with Crippen molar-refractivity contribution in [2.24, 2.45) is 0 Å². The molecule has 0 spiro atoms. The van der Waals surface area contributed by atoms with Crippen LogP contribution < -0.4 is 5.43 Å². The Bertz CT molecular complexity index is 1010. The number of hydrogen-bond donors (Lipinski definition) is 1. The fourth-order valence-electron chi connectivity index (χ4n) is 3.21. The third-order valence-corrected chi connectivity index (χ3v) is 4.87. The number of pyridine rings is 1. The number of fused-ring (bicyclic) bond motifs is 1. The molecular weight excluding hydrogens is 352 g/mol. The van der Waals surface area contributed by atoms with Crippen LogP contribution in [0, 0.1) is 0 Å². The van der Waals surface area contributed by atoms with Crippen molar-refractivity contribution in [1.82, 2.24) is 9.88 Å². The van der Waals surface area contributed by atoms with Gasteiger partial charge in [0.15, 0.2) is 0 Å². The number of ether oxygens (including phenoxy) is 1. The van der Waals surface area contributed by atoms with Crippen molar-refractivity contribution in [3.63, 3.8) is 0 Å². The van der Waals surface area contributed by atoms with E-state index in [1.54, 1.807) is 29.2 Å². The summed E-state index contributed by atoms with van der Waals surface area (Å²) in [5.74, 6) is -0.278. The molecule has 1 aliphatic heterocycles. The van der Waals surface area contributed by atoms with Crippen molar-refractivity contribution in [3.05, 3.63) is 81.1 Å². The van der Waals surface area contributed by atoms with E-state index in [0.717, 1.165) is 11.1 Å². The van der Waals surface area contributed by atoms with Gasteiger partial charge in [-0.15, -0.1) is 0 Å². The number of nitrogens with one attached hydrogen (secondary N) is 1. The fourth-order valence-corrected chi connectivity index (χ4v) is 3.34. The summed E-state index contributed by atoms with van der Waals surface area (Å²) in [7, 11) is 0. The molecule has 1 atom stereocenters. The number of para-hydroxylation sites is 1. The molecular formula is C20H17ClN2O3. The number of carbonyl (C=O) groups is 1. The molecule has 132 valence electrons. The Morgan fingerprint density at radius 1 is 1.15 bits per heavy atom. The van der Waals surface area contributed by atoms with Crippen LogP contribution in [0.15, 0.2) is 59.5 Å². The van der Waals surface area contributed by atoms with Crippen molar-refractivity contribution in [2.75, 3.05) is 19.7 Å². The number of rotatable bonds is 2. The summed E-state index contributed by atoms with van der Waals surface area (Å²) in [6, 6.07) is 14.6. The van der Waals surface area contributed by atoms with Gasteiger partial charge in [-0.25, -0.2) is 0 Å². The smallest absolute Gasteiger partial charge is 0.259 e. The quantitative estimate of drug-likeness (QED) is 0.754. The number of H-pyrrole nitrogens is 1. The van der Waals surface area contributed by atoms with Crippen LogP contribution in [0.25, 0.3) is 10.9 Å². The number of morpholine rings is 1. The maximum Gasteiger partial charge on any atom is 0.259 e. The molecule has 1 fully saturated rings. The zero-order valence-electron chi connectivity index (χ0n) is 13.9. The van der Waals surface area contributed by atoms with Crippen molar-refractivity contribution in [1.29, 1.82) is 0 Å². The highest BCUT2D eigenvalue weighted by Crippen LogP contribution is 2.24. The predicted molar refractivity (Wildman–Crippen MR) is 101 cm³/mol. The third-order valence-electron chi connectivity index (χ3n) is 4.61. The Kier molecular flexibility index (Phi) is 4.49. The minimum atomic E-state index is -0.278. The first kappa shape index (κ1) is 16.8. The Labute approximate surface area is 155 Å². The molecule has 1 saturated heterocycles. The van der Waals surface area contributed by atoms with E-state index in [1.807, 2.05) is 24.3 Å². The van der Waals surface area contributed by atoms with Gasteiger partial charge in [-0.2, -0.15) is 0 Å². The monoisotopic (exact) mass is 368 g/mol. The Hall–Kier alpha value is -2.63. The van der Waals surface area contributed by atoms with Gasteiger partial charge in [0.1, 0.15) is 11.7 Å². The van der Waals surface area contributed by atoms with Crippen LogP contribution in [0.1, 0.15) is 22.0 Å². The topological polar surface area (TPSA) is 62.4 Å². The lowest BCUT2D eigenvalue weighted by Gasteiger charge is -2.33. The van der Waals surface area contributed by atoms with E-state index in [2.05, 4.69) is 4.98 Å². The van der Waals surface area contributed by atoms with Crippen LogP contribution >= 0.6 is 11.6 Å². The largest absolute Gasteiger partial charge is 0.370 e. The number of carbonyl (C=O) groups excluding carboxylic acids is 1.